The van der Waals surface area contributed by atoms with Gasteiger partial charge in [-0.3, -0.25) is 14.5 Å². The van der Waals surface area contributed by atoms with Crippen LogP contribution < -0.4 is 5.32 Å². The molecule has 0 spiro atoms. The smallest absolute Gasteiger partial charge is 0.332 e. The van der Waals surface area contributed by atoms with E-state index in [9.17, 15) is 27.9 Å². The molecular formula is C53H90N2O12S. The lowest BCUT2D eigenvalue weighted by Crippen LogP contribution is -2.69. The number of carboxylic acids is 1. The van der Waals surface area contributed by atoms with Gasteiger partial charge in [-0.1, -0.05) is 41.5 Å². The van der Waals surface area contributed by atoms with Crippen LogP contribution in [0.15, 0.2) is 0 Å². The van der Waals surface area contributed by atoms with Crippen molar-refractivity contribution in [3.8, 4) is 0 Å². The van der Waals surface area contributed by atoms with E-state index in [1.807, 2.05) is 6.92 Å². The number of carboxylic acid groups (broad SMARTS) is 1. The molecule has 6 aliphatic carbocycles. The molecule has 0 bridgehead atoms. The Bertz CT molecular complexity index is 1890. The second kappa shape index (κ2) is 20.6. The summed E-state index contributed by atoms with van der Waals surface area (Å²) in [6.07, 6.45) is 12.8. The van der Waals surface area contributed by atoms with Gasteiger partial charge in [-0.05, 0) is 149 Å². The minimum absolute atomic E-state index is 0.0500. The number of rotatable bonds is 22. The topological polar surface area (TPSA) is 176 Å². The van der Waals surface area contributed by atoms with E-state index in [0.29, 0.717) is 87.7 Å². The normalized spacial score (nSPS) is 37.9. The maximum atomic E-state index is 13.3. The molecule has 0 aromatic carbocycles. The molecule has 7 rings (SSSR count). The SMILES string of the molecule is COCCOCCOCCOCC(=O)O[C@H](C)[C@@H](CN[C@]12CC[C@@H](C3(C)CC3)[C@@H]1[C@H]1CC[C@@H]3[C@@]4(C)CC[C@H](OC(=O)CC(C)(C)C(=O)O)C(C)(C)[C@@H]4CC[C@@]3(C)[C@]1(C)CC2)N1CCS(=O)(=O)CC1. The number of carbonyl (C=O) groups excluding carboxylic acids is 2. The molecule has 7 fully saturated rings. The van der Waals surface area contributed by atoms with E-state index in [1.165, 1.54) is 32.1 Å². The summed E-state index contributed by atoms with van der Waals surface area (Å²) in [4.78, 5) is 40.6. The first-order valence-electron chi connectivity index (χ1n) is 26.4. The van der Waals surface area contributed by atoms with Crippen LogP contribution in [0.4, 0.5) is 0 Å². The van der Waals surface area contributed by atoms with Crippen LogP contribution >= 0.6 is 0 Å². The van der Waals surface area contributed by atoms with Crippen molar-refractivity contribution in [3.63, 3.8) is 0 Å². The molecule has 14 nitrogen and oxygen atoms in total. The number of sulfone groups is 1. The first-order chi connectivity index (χ1) is 31.9. The van der Waals surface area contributed by atoms with Crippen molar-refractivity contribution < 1.29 is 56.3 Å². The Labute approximate surface area is 409 Å². The van der Waals surface area contributed by atoms with Gasteiger partial charge < -0.3 is 38.8 Å². The van der Waals surface area contributed by atoms with Gasteiger partial charge in [0.25, 0.3) is 0 Å². The predicted molar refractivity (Wildman–Crippen MR) is 260 cm³/mol. The first kappa shape index (κ1) is 53.9. The van der Waals surface area contributed by atoms with Gasteiger partial charge in [0.1, 0.15) is 18.8 Å². The Balaban J connectivity index is 1.05. The highest BCUT2D eigenvalue weighted by Gasteiger charge is 2.72. The standard InChI is InChI=1S/C53H90N2O12S/c1-36(66-44(57)35-65-30-29-64-28-27-63-26-25-62-10)39(55-23-31-68(60,61)32-24-55)34-54-53-18-13-37(49(6)19-20-49)45(53)38-11-12-41-50(7)16-15-42(67-43(56)33-47(2,3)46(58)59)48(4,5)40(50)14-17-52(41,9)51(38,8)21-22-53/h36-42,45,54H,11-35H2,1-10H3,(H,58,59)/t36-,37-,38-,39-,40+,41-,42+,45-,50+,51-,52-,53+/m1/s1. The second-order valence-corrected chi connectivity index (χ2v) is 27.3. The zero-order valence-electron chi connectivity index (χ0n) is 43.6. The Morgan fingerprint density at radius 3 is 2.01 bits per heavy atom. The van der Waals surface area contributed by atoms with Crippen molar-refractivity contribution in [1.29, 1.82) is 0 Å². The van der Waals surface area contributed by atoms with Crippen LogP contribution in [-0.2, 0) is 52.6 Å². The maximum absolute atomic E-state index is 13.3. The summed E-state index contributed by atoms with van der Waals surface area (Å²) in [5.74, 6) is 1.04. The summed E-state index contributed by atoms with van der Waals surface area (Å²) in [6, 6.07) is -0.195. The molecule has 2 N–H and O–H groups in total. The van der Waals surface area contributed by atoms with Gasteiger partial charge in [-0.15, -0.1) is 0 Å². The van der Waals surface area contributed by atoms with Gasteiger partial charge in [0, 0.05) is 37.7 Å². The fraction of sp³-hybridized carbons (Fsp3) is 0.943. The van der Waals surface area contributed by atoms with Gasteiger partial charge in [0.15, 0.2) is 9.84 Å². The third-order valence-corrected chi connectivity index (χ3v) is 22.1. The average molecular weight is 979 g/mol. The molecule has 0 unspecified atom stereocenters. The van der Waals surface area contributed by atoms with Crippen LogP contribution in [0.1, 0.15) is 146 Å². The van der Waals surface area contributed by atoms with Gasteiger partial charge in [0.2, 0.25) is 0 Å². The van der Waals surface area contributed by atoms with E-state index in [2.05, 4.69) is 51.8 Å². The van der Waals surface area contributed by atoms with Gasteiger partial charge in [-0.2, -0.15) is 0 Å². The molecule has 12 atom stereocenters. The zero-order chi connectivity index (χ0) is 49.6. The van der Waals surface area contributed by atoms with Crippen molar-refractivity contribution in [3.05, 3.63) is 0 Å². The summed E-state index contributed by atoms with van der Waals surface area (Å²) < 4.78 is 59.3. The third-order valence-electron chi connectivity index (χ3n) is 20.5. The number of carbonyl (C=O) groups is 3. The fourth-order valence-corrected chi connectivity index (χ4v) is 17.3. The van der Waals surface area contributed by atoms with Gasteiger partial charge in [-0.25, -0.2) is 13.2 Å². The fourth-order valence-electron chi connectivity index (χ4n) is 16.1. The summed E-state index contributed by atoms with van der Waals surface area (Å²) in [6.45, 7) is 24.0. The monoisotopic (exact) mass is 979 g/mol. The van der Waals surface area contributed by atoms with Crippen LogP contribution in [0.2, 0.25) is 0 Å². The predicted octanol–water partition coefficient (Wildman–Crippen LogP) is 7.35. The van der Waals surface area contributed by atoms with Crippen molar-refractivity contribution >= 4 is 27.7 Å². The van der Waals surface area contributed by atoms with E-state index in [1.54, 1.807) is 21.0 Å². The Morgan fingerprint density at radius 2 is 1.38 bits per heavy atom. The van der Waals surface area contributed by atoms with E-state index >= 15 is 0 Å². The third kappa shape index (κ3) is 10.6. The van der Waals surface area contributed by atoms with Crippen LogP contribution in [-0.4, -0.2) is 145 Å². The highest BCUT2D eigenvalue weighted by atomic mass is 32.2. The lowest BCUT2D eigenvalue weighted by atomic mass is 9.32. The molecule has 0 radical (unpaired) electrons. The molecule has 6 saturated carbocycles. The number of esters is 2. The van der Waals surface area contributed by atoms with Crippen molar-refractivity contribution in [2.24, 2.45) is 62.1 Å². The van der Waals surface area contributed by atoms with Crippen LogP contribution in [0, 0.1) is 62.1 Å². The molecular weight excluding hydrogens is 889 g/mol. The largest absolute Gasteiger partial charge is 0.481 e. The Kier molecular flexibility index (Phi) is 16.3. The number of nitrogens with one attached hydrogen (secondary N) is 1. The maximum Gasteiger partial charge on any atom is 0.332 e. The Morgan fingerprint density at radius 1 is 0.735 bits per heavy atom. The number of ether oxygens (including phenoxy) is 6. The lowest BCUT2D eigenvalue weighted by Gasteiger charge is -2.73. The molecule has 390 valence electrons. The number of hydrogen-bond donors (Lipinski definition) is 2. The average Bonchev–Trinajstić information content (AvgIpc) is 3.89. The molecule has 15 heteroatoms. The molecule has 0 amide bonds. The molecule has 0 aromatic heterocycles. The second-order valence-electron chi connectivity index (χ2n) is 25.0. The molecule has 68 heavy (non-hydrogen) atoms. The highest BCUT2D eigenvalue weighted by Crippen LogP contribution is 2.78. The summed E-state index contributed by atoms with van der Waals surface area (Å²) >= 11 is 0. The number of fused-ring (bicyclic) bond motifs is 7. The quantitative estimate of drug-likeness (QED) is 0.0814. The molecule has 1 aliphatic heterocycles. The highest BCUT2D eigenvalue weighted by molar-refractivity contribution is 7.91. The summed E-state index contributed by atoms with van der Waals surface area (Å²) in [7, 11) is -1.49. The minimum atomic E-state index is -3.12. The molecule has 1 saturated heterocycles. The van der Waals surface area contributed by atoms with E-state index in [-0.39, 0.29) is 70.5 Å². The summed E-state index contributed by atoms with van der Waals surface area (Å²) in [5.41, 5.74) is -0.706. The Hall–Kier alpha value is -1.88. The number of nitrogens with zero attached hydrogens (tertiary/aromatic N) is 1. The minimum Gasteiger partial charge on any atom is -0.481 e. The van der Waals surface area contributed by atoms with Crippen molar-refractivity contribution in [2.75, 3.05) is 84.5 Å². The summed E-state index contributed by atoms with van der Waals surface area (Å²) in [5, 5.41) is 14.0. The number of hydrogen-bond acceptors (Lipinski definition) is 13. The lowest BCUT2D eigenvalue weighted by molar-refractivity contribution is -0.248. The molecule has 7 aliphatic rings. The van der Waals surface area contributed by atoms with Crippen molar-refractivity contribution in [2.45, 2.75) is 170 Å². The molecule has 0 aromatic rings. The molecule has 1 heterocycles. The first-order valence-corrected chi connectivity index (χ1v) is 28.2. The van der Waals surface area contributed by atoms with Gasteiger partial charge >= 0.3 is 17.9 Å². The van der Waals surface area contributed by atoms with Crippen molar-refractivity contribution in [1.82, 2.24) is 10.2 Å². The zero-order valence-corrected chi connectivity index (χ0v) is 44.4. The van der Waals surface area contributed by atoms with Crippen LogP contribution in [0.3, 0.4) is 0 Å². The van der Waals surface area contributed by atoms with E-state index in [0.717, 1.165) is 44.9 Å². The number of methoxy groups -OCH3 is 1. The van der Waals surface area contributed by atoms with Crippen LogP contribution in [0.25, 0.3) is 0 Å². The van der Waals surface area contributed by atoms with Crippen LogP contribution in [0.5, 0.6) is 0 Å². The van der Waals surface area contributed by atoms with E-state index in [4.69, 9.17) is 28.4 Å². The number of aliphatic carboxylic acids is 1. The van der Waals surface area contributed by atoms with E-state index < -0.39 is 39.3 Å². The van der Waals surface area contributed by atoms with Gasteiger partial charge in [0.05, 0.1) is 69.0 Å².